The van der Waals surface area contributed by atoms with Crippen LogP contribution in [0.2, 0.25) is 5.02 Å². The summed E-state index contributed by atoms with van der Waals surface area (Å²) in [5.74, 6) is -0.149. The Balaban J connectivity index is 2.39. The molecule has 1 atom stereocenters. The topological polar surface area (TPSA) is 96.0 Å². The Morgan fingerprint density at radius 2 is 1.79 bits per heavy atom. The van der Waals surface area contributed by atoms with Gasteiger partial charge >= 0.3 is 0 Å². The van der Waals surface area contributed by atoms with E-state index in [-0.39, 0.29) is 12.5 Å². The van der Waals surface area contributed by atoms with E-state index in [1.165, 1.54) is 4.90 Å². The molecule has 0 saturated heterocycles. The first-order valence-electron chi connectivity index (χ1n) is 10.9. The highest BCUT2D eigenvalue weighted by molar-refractivity contribution is 7.92. The minimum absolute atomic E-state index is 0.126. The Morgan fingerprint density at radius 3 is 2.32 bits per heavy atom. The number of anilines is 1. The zero-order valence-corrected chi connectivity index (χ0v) is 21.7. The molecule has 0 bridgehead atoms. The van der Waals surface area contributed by atoms with Gasteiger partial charge < -0.3 is 15.0 Å². The van der Waals surface area contributed by atoms with Crippen LogP contribution in [0, 0.1) is 6.92 Å². The van der Waals surface area contributed by atoms with E-state index in [2.05, 4.69) is 5.32 Å². The normalized spacial score (nSPS) is 12.1. The summed E-state index contributed by atoms with van der Waals surface area (Å²) in [6, 6.07) is 11.1. The minimum Gasteiger partial charge on any atom is -0.497 e. The Morgan fingerprint density at radius 1 is 1.15 bits per heavy atom. The average molecular weight is 510 g/mol. The predicted molar refractivity (Wildman–Crippen MR) is 135 cm³/mol. The van der Waals surface area contributed by atoms with Crippen molar-refractivity contribution in [2.75, 3.05) is 30.8 Å². The standard InChI is InChI=1S/C24H32ClN3O5S/c1-6-13-26-24(30)18(3)27(15-19-7-10-21(33-4)11-8-19)23(29)16-28(34(5,31)32)22-12-9-20(25)14-17(22)2/h7-12,14,18H,6,13,15-16H2,1-5H3,(H,26,30)/t18-/m0/s1. The van der Waals surface area contributed by atoms with Crippen LogP contribution in [0.3, 0.4) is 0 Å². The lowest BCUT2D eigenvalue weighted by molar-refractivity contribution is -0.139. The molecule has 0 unspecified atom stereocenters. The molecule has 1 N–H and O–H groups in total. The molecule has 34 heavy (non-hydrogen) atoms. The Labute approximate surface area is 206 Å². The number of sulfonamides is 1. The second-order valence-electron chi connectivity index (χ2n) is 8.04. The third kappa shape index (κ3) is 7.36. The maximum absolute atomic E-state index is 13.5. The number of nitrogens with one attached hydrogen (secondary N) is 1. The minimum atomic E-state index is -3.80. The molecule has 0 aromatic heterocycles. The number of ether oxygens (including phenoxy) is 1. The molecule has 0 aliphatic heterocycles. The Bertz CT molecular complexity index is 1110. The van der Waals surface area contributed by atoms with Gasteiger partial charge in [0.05, 0.1) is 19.1 Å². The van der Waals surface area contributed by atoms with Crippen LogP contribution in [0.5, 0.6) is 5.75 Å². The summed E-state index contributed by atoms with van der Waals surface area (Å²) < 4.78 is 31.5. The second kappa shape index (κ2) is 12.1. The molecule has 2 rings (SSSR count). The van der Waals surface area contributed by atoms with E-state index in [4.69, 9.17) is 16.3 Å². The molecular formula is C24H32ClN3O5S. The van der Waals surface area contributed by atoms with Crippen molar-refractivity contribution in [3.05, 3.63) is 58.6 Å². The van der Waals surface area contributed by atoms with Crippen molar-refractivity contribution in [2.24, 2.45) is 0 Å². The van der Waals surface area contributed by atoms with Crippen molar-refractivity contribution in [1.82, 2.24) is 10.2 Å². The molecule has 0 saturated carbocycles. The number of benzene rings is 2. The fourth-order valence-corrected chi connectivity index (χ4v) is 4.53. The van der Waals surface area contributed by atoms with E-state index in [0.29, 0.717) is 28.6 Å². The lowest BCUT2D eigenvalue weighted by Crippen LogP contribution is -2.51. The van der Waals surface area contributed by atoms with Crippen LogP contribution in [0.1, 0.15) is 31.4 Å². The summed E-state index contributed by atoms with van der Waals surface area (Å²) >= 11 is 6.03. The summed E-state index contributed by atoms with van der Waals surface area (Å²) in [6.07, 6.45) is 1.79. The fraction of sp³-hybridized carbons (Fsp3) is 0.417. The van der Waals surface area contributed by atoms with Crippen LogP contribution in [0.15, 0.2) is 42.5 Å². The Hall–Kier alpha value is -2.78. The van der Waals surface area contributed by atoms with Gasteiger partial charge in [-0.2, -0.15) is 0 Å². The summed E-state index contributed by atoms with van der Waals surface area (Å²) in [5.41, 5.74) is 1.74. The van der Waals surface area contributed by atoms with Crippen LogP contribution in [0.25, 0.3) is 0 Å². The van der Waals surface area contributed by atoms with Gasteiger partial charge in [0.1, 0.15) is 18.3 Å². The van der Waals surface area contributed by atoms with E-state index in [1.54, 1.807) is 63.4 Å². The van der Waals surface area contributed by atoms with Crippen molar-refractivity contribution in [1.29, 1.82) is 0 Å². The van der Waals surface area contributed by atoms with Crippen LogP contribution < -0.4 is 14.4 Å². The van der Waals surface area contributed by atoms with Gasteiger partial charge in [0.25, 0.3) is 0 Å². The average Bonchev–Trinajstić information content (AvgIpc) is 2.79. The lowest BCUT2D eigenvalue weighted by Gasteiger charge is -2.32. The van der Waals surface area contributed by atoms with Crippen LogP contribution in [0.4, 0.5) is 5.69 Å². The highest BCUT2D eigenvalue weighted by atomic mass is 35.5. The van der Waals surface area contributed by atoms with E-state index in [1.807, 2.05) is 6.92 Å². The number of carbonyl (C=O) groups excluding carboxylic acids is 2. The number of hydrogen-bond donors (Lipinski definition) is 1. The van der Waals surface area contributed by atoms with Gasteiger partial charge in [-0.25, -0.2) is 8.42 Å². The van der Waals surface area contributed by atoms with Gasteiger partial charge in [-0.05, 0) is 61.7 Å². The van der Waals surface area contributed by atoms with E-state index >= 15 is 0 Å². The second-order valence-corrected chi connectivity index (χ2v) is 10.4. The maximum atomic E-state index is 13.5. The van der Waals surface area contributed by atoms with Gasteiger partial charge in [0.2, 0.25) is 21.8 Å². The molecule has 2 aromatic rings. The molecule has 0 radical (unpaired) electrons. The van der Waals surface area contributed by atoms with Crippen molar-refractivity contribution >= 4 is 39.1 Å². The Kier molecular flexibility index (Phi) is 9.76. The zero-order chi connectivity index (χ0) is 25.5. The molecule has 186 valence electrons. The molecule has 0 aliphatic rings. The largest absolute Gasteiger partial charge is 0.497 e. The molecule has 0 aliphatic carbocycles. The highest BCUT2D eigenvalue weighted by Gasteiger charge is 2.30. The number of rotatable bonds is 11. The number of amides is 2. The molecule has 2 aromatic carbocycles. The maximum Gasteiger partial charge on any atom is 0.244 e. The van der Waals surface area contributed by atoms with Crippen molar-refractivity contribution in [3.63, 3.8) is 0 Å². The third-order valence-corrected chi connectivity index (χ3v) is 6.70. The van der Waals surface area contributed by atoms with Gasteiger partial charge in [-0.1, -0.05) is 30.7 Å². The number of methoxy groups -OCH3 is 1. The van der Waals surface area contributed by atoms with Crippen molar-refractivity contribution < 1.29 is 22.7 Å². The zero-order valence-electron chi connectivity index (χ0n) is 20.2. The summed E-state index contributed by atoms with van der Waals surface area (Å²) in [5, 5.41) is 3.26. The van der Waals surface area contributed by atoms with Crippen molar-refractivity contribution in [2.45, 2.75) is 39.8 Å². The predicted octanol–water partition coefficient (Wildman–Crippen LogP) is 3.37. The molecular weight excluding hydrogens is 478 g/mol. The van der Waals surface area contributed by atoms with E-state index in [0.717, 1.165) is 22.5 Å². The molecule has 10 heteroatoms. The van der Waals surface area contributed by atoms with Gasteiger partial charge in [0.15, 0.2) is 0 Å². The first-order valence-corrected chi connectivity index (χ1v) is 13.1. The van der Waals surface area contributed by atoms with Gasteiger partial charge in [0, 0.05) is 18.1 Å². The third-order valence-electron chi connectivity index (χ3n) is 5.34. The highest BCUT2D eigenvalue weighted by Crippen LogP contribution is 2.26. The van der Waals surface area contributed by atoms with Crippen LogP contribution in [-0.2, 0) is 26.2 Å². The van der Waals surface area contributed by atoms with E-state index in [9.17, 15) is 18.0 Å². The number of hydrogen-bond acceptors (Lipinski definition) is 5. The van der Waals surface area contributed by atoms with Gasteiger partial charge in [-0.3, -0.25) is 13.9 Å². The lowest BCUT2D eigenvalue weighted by atomic mass is 10.1. The molecule has 2 amide bonds. The molecule has 0 heterocycles. The van der Waals surface area contributed by atoms with Gasteiger partial charge in [-0.15, -0.1) is 0 Å². The monoisotopic (exact) mass is 509 g/mol. The molecule has 8 nitrogen and oxygen atoms in total. The molecule has 0 fully saturated rings. The van der Waals surface area contributed by atoms with Crippen LogP contribution >= 0.6 is 11.6 Å². The fourth-order valence-electron chi connectivity index (χ4n) is 3.40. The number of halogens is 1. The van der Waals surface area contributed by atoms with Crippen molar-refractivity contribution in [3.8, 4) is 5.75 Å². The first kappa shape index (κ1) is 27.5. The SMILES string of the molecule is CCCNC(=O)[C@H](C)N(Cc1ccc(OC)cc1)C(=O)CN(c1ccc(Cl)cc1C)S(C)(=O)=O. The van der Waals surface area contributed by atoms with Crippen LogP contribution in [-0.4, -0.2) is 57.6 Å². The van der Waals surface area contributed by atoms with E-state index < -0.39 is 28.5 Å². The number of carbonyl (C=O) groups is 2. The summed E-state index contributed by atoms with van der Waals surface area (Å²) in [6.45, 7) is 5.44. The first-order chi connectivity index (χ1) is 16.0. The number of aryl methyl sites for hydroxylation is 1. The smallest absolute Gasteiger partial charge is 0.244 e. The summed E-state index contributed by atoms with van der Waals surface area (Å²) in [7, 11) is -2.24. The quantitative estimate of drug-likeness (QED) is 0.501. The summed E-state index contributed by atoms with van der Waals surface area (Å²) in [4.78, 5) is 27.6. The number of nitrogens with zero attached hydrogens (tertiary/aromatic N) is 2. The molecule has 0 spiro atoms.